The van der Waals surface area contributed by atoms with Crippen LogP contribution in [-0.2, 0) is 15.9 Å². The molecule has 1 atom stereocenters. The van der Waals surface area contributed by atoms with Gasteiger partial charge in [-0.15, -0.1) is 0 Å². The summed E-state index contributed by atoms with van der Waals surface area (Å²) in [6, 6.07) is 14.2. The third-order valence-electron chi connectivity index (χ3n) is 4.93. The molecule has 0 aliphatic carbocycles. The summed E-state index contributed by atoms with van der Waals surface area (Å²) in [4.78, 5) is 3.44. The van der Waals surface area contributed by atoms with E-state index in [-0.39, 0.29) is 11.7 Å². The van der Waals surface area contributed by atoms with Crippen molar-refractivity contribution in [3.8, 4) is 0 Å². The van der Waals surface area contributed by atoms with E-state index in [1.54, 1.807) is 11.8 Å². The number of rotatable bonds is 9. The molecule has 1 unspecified atom stereocenters. The van der Waals surface area contributed by atoms with Crippen molar-refractivity contribution < 1.29 is 13.0 Å². The van der Waals surface area contributed by atoms with Crippen LogP contribution in [0.2, 0.25) is 5.02 Å². The van der Waals surface area contributed by atoms with Gasteiger partial charge in [0, 0.05) is 33.8 Å². The van der Waals surface area contributed by atoms with Gasteiger partial charge in [0.2, 0.25) is 0 Å². The van der Waals surface area contributed by atoms with E-state index < -0.39 is 10.1 Å². The highest BCUT2D eigenvalue weighted by molar-refractivity contribution is 7.97. The van der Waals surface area contributed by atoms with Crippen molar-refractivity contribution in [3.63, 3.8) is 0 Å². The molecular formula is C21H24ClNO3S2. The summed E-state index contributed by atoms with van der Waals surface area (Å²) < 4.78 is 31.0. The number of fused-ring (bicyclic) bond motifs is 1. The summed E-state index contributed by atoms with van der Waals surface area (Å²) in [5, 5.41) is 1.89. The highest BCUT2D eigenvalue weighted by Gasteiger charge is 2.19. The first-order chi connectivity index (χ1) is 13.4. The molecule has 0 aliphatic rings. The Balaban J connectivity index is 1.93. The first-order valence-corrected chi connectivity index (χ1v) is 12.6. The van der Waals surface area contributed by atoms with E-state index in [4.69, 9.17) is 16.2 Å². The molecule has 0 spiro atoms. The normalized spacial score (nSPS) is 13.1. The highest BCUT2D eigenvalue weighted by Crippen LogP contribution is 2.36. The number of aromatic nitrogens is 1. The predicted octanol–water partition coefficient (Wildman–Crippen LogP) is 5.87. The Morgan fingerprint density at radius 3 is 2.57 bits per heavy atom. The van der Waals surface area contributed by atoms with Crippen LogP contribution < -0.4 is 0 Å². The van der Waals surface area contributed by atoms with Crippen LogP contribution in [0.15, 0.2) is 48.7 Å². The fraction of sp³-hybridized carbons (Fsp3) is 0.333. The largest absolute Gasteiger partial charge is 0.361 e. The van der Waals surface area contributed by atoms with Gasteiger partial charge in [0.1, 0.15) is 0 Å². The Labute approximate surface area is 175 Å². The standard InChI is InChI=1S/C21H24ClNO3S2/c1-27-14-16-5-4-7-19-20(13-23-21(16)19)18(6-2-3-12-28(24,25)26)15-8-10-17(22)11-9-15/h4-5,7-11,13,18,23H,2-3,6,12,14H2,1H3,(H,24,25,26). The molecule has 0 fully saturated rings. The number of hydrogen-bond donors (Lipinski definition) is 2. The molecule has 7 heteroatoms. The fourth-order valence-electron chi connectivity index (χ4n) is 3.63. The molecule has 0 amide bonds. The Bertz CT molecular complexity index is 1030. The zero-order valence-corrected chi connectivity index (χ0v) is 18.1. The van der Waals surface area contributed by atoms with Crippen molar-refractivity contribution in [2.45, 2.75) is 30.9 Å². The van der Waals surface area contributed by atoms with Crippen LogP contribution >= 0.6 is 23.4 Å². The number of H-pyrrole nitrogens is 1. The molecule has 2 aromatic carbocycles. The number of hydrogen-bond acceptors (Lipinski definition) is 3. The molecule has 4 nitrogen and oxygen atoms in total. The van der Waals surface area contributed by atoms with Gasteiger partial charge in [-0.2, -0.15) is 20.2 Å². The van der Waals surface area contributed by atoms with E-state index >= 15 is 0 Å². The van der Waals surface area contributed by atoms with Crippen molar-refractivity contribution in [3.05, 3.63) is 70.4 Å². The second-order valence-corrected chi connectivity index (χ2v) is 9.78. The maximum atomic E-state index is 11.0. The molecule has 28 heavy (non-hydrogen) atoms. The number of benzene rings is 2. The summed E-state index contributed by atoms with van der Waals surface area (Å²) in [5.41, 5.74) is 4.78. The maximum Gasteiger partial charge on any atom is 0.264 e. The molecule has 150 valence electrons. The summed E-state index contributed by atoms with van der Waals surface area (Å²) in [6.07, 6.45) is 6.08. The molecule has 0 aliphatic heterocycles. The van der Waals surface area contributed by atoms with E-state index in [0.29, 0.717) is 17.9 Å². The van der Waals surface area contributed by atoms with Gasteiger partial charge in [-0.3, -0.25) is 4.55 Å². The second-order valence-electron chi connectivity index (χ2n) is 6.90. The monoisotopic (exact) mass is 437 g/mol. The molecule has 0 radical (unpaired) electrons. The van der Waals surface area contributed by atoms with Gasteiger partial charge in [0.25, 0.3) is 10.1 Å². The third-order valence-corrected chi connectivity index (χ3v) is 6.58. The number of thioether (sulfide) groups is 1. The average Bonchev–Trinajstić information content (AvgIpc) is 3.07. The lowest BCUT2D eigenvalue weighted by Crippen LogP contribution is -2.06. The Morgan fingerprint density at radius 1 is 1.14 bits per heavy atom. The van der Waals surface area contributed by atoms with Crippen LogP contribution in [-0.4, -0.2) is 30.0 Å². The van der Waals surface area contributed by atoms with Crippen molar-refractivity contribution in [2.24, 2.45) is 0 Å². The van der Waals surface area contributed by atoms with Crippen LogP contribution in [0.5, 0.6) is 0 Å². The lowest BCUT2D eigenvalue weighted by Gasteiger charge is -2.17. The summed E-state index contributed by atoms with van der Waals surface area (Å²) in [7, 11) is -3.92. The van der Waals surface area contributed by atoms with Gasteiger partial charge in [-0.25, -0.2) is 0 Å². The lowest BCUT2D eigenvalue weighted by atomic mass is 9.86. The van der Waals surface area contributed by atoms with Gasteiger partial charge in [0.05, 0.1) is 5.75 Å². The van der Waals surface area contributed by atoms with Crippen LogP contribution in [0, 0.1) is 0 Å². The zero-order chi connectivity index (χ0) is 20.1. The maximum absolute atomic E-state index is 11.0. The molecule has 0 bridgehead atoms. The first-order valence-electron chi connectivity index (χ1n) is 9.17. The van der Waals surface area contributed by atoms with E-state index in [0.717, 1.165) is 23.3 Å². The third kappa shape index (κ3) is 5.32. The smallest absolute Gasteiger partial charge is 0.264 e. The van der Waals surface area contributed by atoms with Gasteiger partial charge in [0.15, 0.2) is 0 Å². The Kier molecular flexibility index (Phi) is 7.10. The van der Waals surface area contributed by atoms with Crippen LogP contribution in [0.1, 0.15) is 41.9 Å². The lowest BCUT2D eigenvalue weighted by molar-refractivity contribution is 0.479. The molecule has 0 saturated carbocycles. The number of para-hydroxylation sites is 1. The summed E-state index contributed by atoms with van der Waals surface area (Å²) in [6.45, 7) is 0. The second kappa shape index (κ2) is 9.35. The van der Waals surface area contributed by atoms with E-state index in [1.165, 1.54) is 16.5 Å². The van der Waals surface area contributed by atoms with Crippen LogP contribution in [0.4, 0.5) is 0 Å². The SMILES string of the molecule is CSCc1cccc2c(C(CCCCS(=O)(=O)O)c3ccc(Cl)cc3)c[nH]c12. The number of nitrogens with one attached hydrogen (secondary N) is 1. The number of aromatic amines is 1. The van der Waals surface area contributed by atoms with Gasteiger partial charge < -0.3 is 4.98 Å². The van der Waals surface area contributed by atoms with Crippen molar-refractivity contribution in [1.29, 1.82) is 0 Å². The Morgan fingerprint density at radius 2 is 1.89 bits per heavy atom. The van der Waals surface area contributed by atoms with E-state index in [1.807, 2.05) is 24.3 Å². The fourth-order valence-corrected chi connectivity index (χ4v) is 4.88. The molecule has 3 rings (SSSR count). The number of halogens is 1. The minimum atomic E-state index is -3.92. The Hall–Kier alpha value is -1.47. The molecule has 3 aromatic rings. The molecular weight excluding hydrogens is 414 g/mol. The van der Waals surface area contributed by atoms with Crippen LogP contribution in [0.3, 0.4) is 0 Å². The van der Waals surface area contributed by atoms with Gasteiger partial charge in [-0.05, 0) is 47.9 Å². The van der Waals surface area contributed by atoms with Crippen molar-refractivity contribution in [2.75, 3.05) is 12.0 Å². The minimum Gasteiger partial charge on any atom is -0.361 e. The van der Waals surface area contributed by atoms with E-state index in [2.05, 4.69) is 35.6 Å². The molecule has 1 aromatic heterocycles. The van der Waals surface area contributed by atoms with Crippen molar-refractivity contribution >= 4 is 44.4 Å². The van der Waals surface area contributed by atoms with Gasteiger partial charge in [-0.1, -0.05) is 48.4 Å². The highest BCUT2D eigenvalue weighted by atomic mass is 35.5. The summed E-state index contributed by atoms with van der Waals surface area (Å²) >= 11 is 7.85. The van der Waals surface area contributed by atoms with E-state index in [9.17, 15) is 8.42 Å². The summed E-state index contributed by atoms with van der Waals surface area (Å²) in [5.74, 6) is 0.862. The van der Waals surface area contributed by atoms with Crippen LogP contribution in [0.25, 0.3) is 10.9 Å². The predicted molar refractivity (Wildman–Crippen MR) is 119 cm³/mol. The average molecular weight is 438 g/mol. The van der Waals surface area contributed by atoms with Crippen molar-refractivity contribution in [1.82, 2.24) is 4.98 Å². The quantitative estimate of drug-likeness (QED) is 0.324. The molecule has 1 heterocycles. The van der Waals surface area contributed by atoms with Gasteiger partial charge >= 0.3 is 0 Å². The zero-order valence-electron chi connectivity index (χ0n) is 15.7. The molecule has 0 saturated heterocycles. The topological polar surface area (TPSA) is 70.2 Å². The molecule has 2 N–H and O–H groups in total. The first kappa shape index (κ1) is 21.2. The minimum absolute atomic E-state index is 0.122. The number of unbranched alkanes of at least 4 members (excludes halogenated alkanes) is 1.